The fourth-order valence-electron chi connectivity index (χ4n) is 12.3. The third-order valence-electron chi connectivity index (χ3n) is 17.8. The molecule has 12 amide bonds. The first-order chi connectivity index (χ1) is 50.2. The van der Waals surface area contributed by atoms with Crippen LogP contribution in [0.2, 0.25) is 5.02 Å². The summed E-state index contributed by atoms with van der Waals surface area (Å²) in [6, 6.07) is 20.3. The van der Waals surface area contributed by atoms with Crippen LogP contribution in [0.15, 0.2) is 146 Å². The first-order valence-electron chi connectivity index (χ1n) is 34.5. The number of urea groups is 1. The Kier molecular flexibility index (Phi) is 28.8. The normalized spacial score (nSPS) is 15.2. The van der Waals surface area contributed by atoms with Gasteiger partial charge in [0, 0.05) is 86.6 Å². The molecule has 0 aliphatic carbocycles. The predicted octanol–water partition coefficient (Wildman–Crippen LogP) is 2.55. The number of nitrogens with zero attached hydrogens (tertiary/aromatic N) is 2. The number of hydrogen-bond acceptors (Lipinski definition) is 15. The fraction of sp³-hybridized carbons (Fsp3) is 0.373. The summed E-state index contributed by atoms with van der Waals surface area (Å²) in [5.41, 5.74) is 8.67. The number of pyridine rings is 1. The smallest absolute Gasteiger partial charge is 0.325 e. The third-order valence-corrected chi connectivity index (χ3v) is 18.0. The van der Waals surface area contributed by atoms with Gasteiger partial charge in [0.15, 0.2) is 0 Å². The molecule has 10 atom stereocenters. The van der Waals surface area contributed by atoms with Crippen molar-refractivity contribution in [2.75, 3.05) is 19.7 Å². The molecule has 7 aromatic rings. The summed E-state index contributed by atoms with van der Waals surface area (Å²) in [7, 11) is 0. The van der Waals surface area contributed by atoms with Crippen molar-refractivity contribution >= 4 is 104 Å². The predicted molar refractivity (Wildman–Crippen MR) is 389 cm³/mol. The molecule has 0 radical (unpaired) electrons. The molecule has 29 nitrogen and oxygen atoms in total. The zero-order chi connectivity index (χ0) is 75.9. The Balaban J connectivity index is 1.05. The third kappa shape index (κ3) is 23.5. The molecule has 0 bridgehead atoms. The first kappa shape index (κ1) is 79.2. The van der Waals surface area contributed by atoms with Crippen molar-refractivity contribution in [3.8, 4) is 5.75 Å². The summed E-state index contributed by atoms with van der Waals surface area (Å²) in [5, 5.41) is 60.0. The van der Waals surface area contributed by atoms with Gasteiger partial charge < -0.3 is 84.1 Å². The van der Waals surface area contributed by atoms with E-state index in [1.165, 1.54) is 55.4 Å². The number of phenols is 1. The molecule has 0 spiro atoms. The summed E-state index contributed by atoms with van der Waals surface area (Å²) in [5.74, 6) is -10.0. The number of phenolic OH excluding ortho intramolecular Hbond substituents is 1. The van der Waals surface area contributed by atoms with Crippen molar-refractivity contribution in [2.24, 2.45) is 11.7 Å². The molecule has 2 aromatic heterocycles. The summed E-state index contributed by atoms with van der Waals surface area (Å²) >= 11 is 6.24. The fourth-order valence-corrected chi connectivity index (χ4v) is 12.5. The summed E-state index contributed by atoms with van der Waals surface area (Å²) in [6.45, 7) is 5.10. The quantitative estimate of drug-likeness (QED) is 0.0251. The van der Waals surface area contributed by atoms with E-state index in [4.69, 9.17) is 17.3 Å². The number of carbonyl (C=O) groups excluding carboxylic acids is 11. The van der Waals surface area contributed by atoms with E-state index in [-0.39, 0.29) is 82.5 Å². The molecular weight excluding hydrogens is 1370 g/mol. The van der Waals surface area contributed by atoms with Crippen molar-refractivity contribution in [3.05, 3.63) is 179 Å². The number of aliphatic hydroxyl groups is 1. The van der Waals surface area contributed by atoms with Crippen LogP contribution < -0.4 is 58.9 Å². The van der Waals surface area contributed by atoms with E-state index in [0.717, 1.165) is 10.8 Å². The lowest BCUT2D eigenvalue weighted by Crippen LogP contribution is -2.61. The van der Waals surface area contributed by atoms with Crippen LogP contribution in [0.25, 0.3) is 21.7 Å². The maximum absolute atomic E-state index is 15.1. The average molecular weight is 1460 g/mol. The van der Waals surface area contributed by atoms with E-state index in [9.17, 15) is 63.3 Å². The van der Waals surface area contributed by atoms with Crippen LogP contribution in [0.5, 0.6) is 5.75 Å². The number of amides is 12. The Morgan fingerprint density at radius 2 is 1.10 bits per heavy atom. The van der Waals surface area contributed by atoms with E-state index < -0.39 is 138 Å². The van der Waals surface area contributed by atoms with Crippen LogP contribution >= 0.6 is 11.6 Å². The number of rotatable bonds is 36. The number of nitrogens with one attached hydrogen (secondary N) is 11. The summed E-state index contributed by atoms with van der Waals surface area (Å²) in [6.07, 6.45) is 4.09. The van der Waals surface area contributed by atoms with Gasteiger partial charge in [-0.05, 0) is 120 Å². The van der Waals surface area contributed by atoms with Crippen LogP contribution in [-0.4, -0.2) is 181 Å². The summed E-state index contributed by atoms with van der Waals surface area (Å²) < 4.78 is 0. The second kappa shape index (κ2) is 38.2. The number of carboxylic acids is 1. The number of fused-ring (bicyclic) bond motifs is 2. The SMILES string of the molecule is CC(=O)N[C@H](Cc1ccc2ccccc2c1)C(=O)N[C@H](Cc1ccc(Cl)cc1)C(=O)N[C@H](Cc1cccnc1)C(=O)N[C@@H](CO)C(=O)N[C@@H](Cc1ccc(O)cc1)C(=O)N[C@H](CCCNC(N)=O)C(=O)N[C@@H](Cc1c[nH]c2ccccc12)C(=O)N[C@@H](CC(C)C)C(=O)N1CCC[C@H]1C(=O)N[C@H](C)C(=O)O. The Bertz CT molecular complexity index is 4240. The van der Waals surface area contributed by atoms with Crippen LogP contribution in [0.3, 0.4) is 0 Å². The van der Waals surface area contributed by atoms with Crippen LogP contribution in [0, 0.1) is 5.92 Å². The van der Waals surface area contributed by atoms with Gasteiger partial charge in [-0.15, -0.1) is 0 Å². The van der Waals surface area contributed by atoms with Gasteiger partial charge >= 0.3 is 12.0 Å². The number of hydrogen-bond donors (Lipinski definition) is 15. The standard InChI is InChI=1S/C75H89ClN14O15/c1-42(2)32-62(73(102)90-31-11-18-64(90)72(101)81-43(3)74(103)104)88-70(99)61(38-51-40-80-55-16-8-7-15-54(51)55)87-65(94)56(17-10-30-79-75(77)105)83-67(96)58(35-46-22-27-53(93)28-23-46)86-71(100)63(41-91)89-69(98)60(37-48-12-9-29-78-39-48)85-68(97)59(34-45-20-25-52(76)26-21-45)84-66(95)57(82-44(4)92)36-47-19-24-49-13-5-6-14-50(49)33-47/h5-9,12-16,19-29,33,39-40,42-43,56-64,80,91,93H,10-11,17-18,30-32,34-38,41H2,1-4H3,(H,81,101)(H,82,92)(H,83,96)(H,84,95)(H,85,97)(H,86,100)(H,87,94)(H,88,99)(H,89,98)(H,103,104)(H3,77,79,105)/t43-,56-,57-,58+,59-,60-,61+,62+,63+,64+/m1/s1. The van der Waals surface area contributed by atoms with Crippen molar-refractivity contribution in [2.45, 2.75) is 152 Å². The molecule has 1 saturated heterocycles. The topological polar surface area (TPSA) is 444 Å². The van der Waals surface area contributed by atoms with Gasteiger partial charge in [0.05, 0.1) is 6.61 Å². The number of H-pyrrole nitrogens is 1. The number of aliphatic hydroxyl groups excluding tert-OH is 1. The molecule has 3 heterocycles. The van der Waals surface area contributed by atoms with Gasteiger partial charge in [-0.3, -0.25) is 57.7 Å². The molecule has 1 fully saturated rings. The van der Waals surface area contributed by atoms with E-state index in [1.807, 2.05) is 56.3 Å². The number of benzene rings is 5. The molecule has 105 heavy (non-hydrogen) atoms. The lowest BCUT2D eigenvalue weighted by atomic mass is 9.99. The minimum Gasteiger partial charge on any atom is -0.508 e. The van der Waals surface area contributed by atoms with Crippen molar-refractivity contribution in [1.82, 2.24) is 68.0 Å². The molecule has 1 aliphatic heterocycles. The summed E-state index contributed by atoms with van der Waals surface area (Å²) in [4.78, 5) is 177. The minimum absolute atomic E-state index is 0.0102. The molecule has 30 heteroatoms. The number of aromatic nitrogens is 2. The van der Waals surface area contributed by atoms with Gasteiger partial charge in [-0.1, -0.05) is 116 Å². The van der Waals surface area contributed by atoms with Gasteiger partial charge in [0.1, 0.15) is 66.2 Å². The second-order valence-electron chi connectivity index (χ2n) is 26.4. The van der Waals surface area contributed by atoms with Crippen LogP contribution in [0.4, 0.5) is 4.79 Å². The van der Waals surface area contributed by atoms with Gasteiger partial charge in [-0.2, -0.15) is 0 Å². The minimum atomic E-state index is -1.86. The van der Waals surface area contributed by atoms with E-state index >= 15 is 9.59 Å². The van der Waals surface area contributed by atoms with E-state index in [1.54, 1.807) is 66.9 Å². The number of aromatic hydroxyl groups is 1. The largest absolute Gasteiger partial charge is 0.508 e. The second-order valence-corrected chi connectivity index (χ2v) is 26.8. The number of para-hydroxylation sites is 1. The zero-order valence-corrected chi connectivity index (χ0v) is 59.2. The molecule has 5 aromatic carbocycles. The molecule has 556 valence electrons. The molecule has 16 N–H and O–H groups in total. The highest BCUT2D eigenvalue weighted by Crippen LogP contribution is 2.24. The highest BCUT2D eigenvalue weighted by atomic mass is 35.5. The Morgan fingerprint density at radius 3 is 1.68 bits per heavy atom. The molecular formula is C75H89ClN14O15. The van der Waals surface area contributed by atoms with Crippen molar-refractivity contribution in [1.29, 1.82) is 0 Å². The number of carboxylic acid groups (broad SMARTS) is 1. The maximum atomic E-state index is 15.1. The van der Waals surface area contributed by atoms with E-state index in [0.29, 0.717) is 50.2 Å². The number of primary amides is 1. The number of nitrogens with two attached hydrogens (primary N) is 1. The van der Waals surface area contributed by atoms with Crippen LogP contribution in [0.1, 0.15) is 87.6 Å². The van der Waals surface area contributed by atoms with Gasteiger partial charge in [-0.25, -0.2) is 4.79 Å². The monoisotopic (exact) mass is 1460 g/mol. The van der Waals surface area contributed by atoms with Crippen molar-refractivity contribution < 1.29 is 72.9 Å². The van der Waals surface area contributed by atoms with Crippen LogP contribution in [-0.2, 0) is 84.8 Å². The van der Waals surface area contributed by atoms with E-state index in [2.05, 4.69) is 63.1 Å². The Hall–Kier alpha value is -11.5. The molecule has 8 rings (SSSR count). The highest BCUT2D eigenvalue weighted by molar-refractivity contribution is 6.30. The lowest BCUT2D eigenvalue weighted by Gasteiger charge is -2.31. The molecule has 1 aliphatic rings. The van der Waals surface area contributed by atoms with Crippen molar-refractivity contribution in [3.63, 3.8) is 0 Å². The number of aromatic amines is 1. The molecule has 0 unspecified atom stereocenters. The number of aliphatic carboxylic acids is 1. The number of carbonyl (C=O) groups is 12. The average Bonchev–Trinajstić information content (AvgIpc) is 1.73. The highest BCUT2D eigenvalue weighted by Gasteiger charge is 2.41. The number of halogens is 1. The first-order valence-corrected chi connectivity index (χ1v) is 34.9. The maximum Gasteiger partial charge on any atom is 0.325 e. The van der Waals surface area contributed by atoms with Gasteiger partial charge in [0.2, 0.25) is 59.1 Å². The van der Waals surface area contributed by atoms with Gasteiger partial charge in [0.25, 0.3) is 0 Å². The lowest BCUT2D eigenvalue weighted by molar-refractivity contribution is -0.144. The zero-order valence-electron chi connectivity index (χ0n) is 58.5. The number of likely N-dealkylation sites (tertiary alicyclic amines) is 1. The molecule has 0 saturated carbocycles. The Labute approximate surface area is 610 Å². The Morgan fingerprint density at radius 1 is 0.581 bits per heavy atom.